The van der Waals surface area contributed by atoms with Crippen LogP contribution in [-0.2, 0) is 16.1 Å². The van der Waals surface area contributed by atoms with E-state index in [1.807, 2.05) is 0 Å². The maximum Gasteiger partial charge on any atom is 0.313 e. The first-order valence-corrected chi connectivity index (χ1v) is 6.27. The molecule has 0 bridgehead atoms. The molecule has 102 valence electrons. The van der Waals surface area contributed by atoms with Crippen molar-refractivity contribution in [2.75, 3.05) is 5.32 Å². The summed E-state index contributed by atoms with van der Waals surface area (Å²) in [5.74, 6) is -1.47. The van der Waals surface area contributed by atoms with Crippen molar-refractivity contribution in [2.45, 2.75) is 6.54 Å². The summed E-state index contributed by atoms with van der Waals surface area (Å²) in [6, 6.07) is 11.9. The Labute approximate surface area is 121 Å². The van der Waals surface area contributed by atoms with Gasteiger partial charge in [0.05, 0.1) is 12.2 Å². The highest BCUT2D eigenvalue weighted by Gasteiger charge is 2.13. The molecular formula is C14H12ClN3O2. The summed E-state index contributed by atoms with van der Waals surface area (Å²) in [4.78, 5) is 27.3. The molecule has 1 heterocycles. The predicted octanol–water partition coefficient (Wildman–Crippen LogP) is 1.99. The largest absolute Gasteiger partial charge is 0.342 e. The molecule has 6 heteroatoms. The summed E-state index contributed by atoms with van der Waals surface area (Å²) in [6.45, 7) is 0.197. The fraction of sp³-hybridized carbons (Fsp3) is 0.0714. The van der Waals surface area contributed by atoms with Gasteiger partial charge < -0.3 is 10.6 Å². The number of hydrogen-bond donors (Lipinski definition) is 2. The van der Waals surface area contributed by atoms with Crippen LogP contribution in [-0.4, -0.2) is 16.8 Å². The lowest BCUT2D eigenvalue weighted by atomic mass is 10.3. The number of hydrogen-bond acceptors (Lipinski definition) is 3. The number of carbonyl (C=O) groups is 2. The monoisotopic (exact) mass is 289 g/mol. The zero-order chi connectivity index (χ0) is 14.4. The van der Waals surface area contributed by atoms with Crippen molar-refractivity contribution in [3.63, 3.8) is 0 Å². The van der Waals surface area contributed by atoms with E-state index in [1.54, 1.807) is 48.7 Å². The second-order valence-corrected chi connectivity index (χ2v) is 4.40. The fourth-order valence-electron chi connectivity index (χ4n) is 1.51. The Morgan fingerprint density at radius 1 is 1.10 bits per heavy atom. The molecule has 0 aliphatic rings. The van der Waals surface area contributed by atoms with Crippen LogP contribution in [0.3, 0.4) is 0 Å². The van der Waals surface area contributed by atoms with Crippen molar-refractivity contribution in [1.82, 2.24) is 10.3 Å². The maximum atomic E-state index is 11.7. The fourth-order valence-corrected chi connectivity index (χ4v) is 1.70. The number of anilines is 1. The molecule has 20 heavy (non-hydrogen) atoms. The number of benzene rings is 1. The summed E-state index contributed by atoms with van der Waals surface area (Å²) in [5.41, 5.74) is 1.15. The number of amides is 2. The third-order valence-electron chi connectivity index (χ3n) is 2.44. The number of nitrogens with one attached hydrogen (secondary N) is 2. The van der Waals surface area contributed by atoms with Crippen LogP contribution >= 0.6 is 11.6 Å². The molecule has 2 rings (SSSR count). The number of carbonyl (C=O) groups excluding carboxylic acids is 2. The van der Waals surface area contributed by atoms with Crippen LogP contribution < -0.4 is 10.6 Å². The lowest BCUT2D eigenvalue weighted by Crippen LogP contribution is -2.35. The lowest BCUT2D eigenvalue weighted by Gasteiger charge is -2.06. The average molecular weight is 290 g/mol. The van der Waals surface area contributed by atoms with Gasteiger partial charge >= 0.3 is 11.8 Å². The minimum atomic E-state index is -0.747. The summed E-state index contributed by atoms with van der Waals surface area (Å²) >= 11 is 5.79. The van der Waals surface area contributed by atoms with Gasteiger partial charge in [0.1, 0.15) is 0 Å². The number of aromatic nitrogens is 1. The molecule has 2 amide bonds. The predicted molar refractivity (Wildman–Crippen MR) is 76.2 cm³/mol. The van der Waals surface area contributed by atoms with Gasteiger partial charge in [-0.25, -0.2) is 0 Å². The summed E-state index contributed by atoms with van der Waals surface area (Å²) in [6.07, 6.45) is 1.62. The van der Waals surface area contributed by atoms with Gasteiger partial charge in [-0.3, -0.25) is 14.6 Å². The van der Waals surface area contributed by atoms with E-state index in [4.69, 9.17) is 11.6 Å². The molecule has 0 saturated heterocycles. The van der Waals surface area contributed by atoms with Gasteiger partial charge in [0.25, 0.3) is 0 Å². The van der Waals surface area contributed by atoms with Crippen LogP contribution in [0.25, 0.3) is 0 Å². The molecule has 2 aromatic rings. The second kappa shape index (κ2) is 6.68. The lowest BCUT2D eigenvalue weighted by molar-refractivity contribution is -0.136. The van der Waals surface area contributed by atoms with Gasteiger partial charge in [-0.2, -0.15) is 0 Å². The van der Waals surface area contributed by atoms with Crippen LogP contribution in [0, 0.1) is 0 Å². The molecule has 0 spiro atoms. The molecule has 0 saturated carbocycles. The second-order valence-electron chi connectivity index (χ2n) is 3.97. The van der Waals surface area contributed by atoms with Gasteiger partial charge in [-0.15, -0.1) is 0 Å². The topological polar surface area (TPSA) is 71.1 Å². The van der Waals surface area contributed by atoms with E-state index in [0.717, 1.165) is 0 Å². The maximum absolute atomic E-state index is 11.7. The molecule has 1 aromatic heterocycles. The molecule has 0 fully saturated rings. The number of rotatable bonds is 3. The minimum absolute atomic E-state index is 0.197. The molecule has 0 unspecified atom stereocenters. The van der Waals surface area contributed by atoms with Crippen LogP contribution in [0.5, 0.6) is 0 Å². The van der Waals surface area contributed by atoms with Gasteiger partial charge in [0.2, 0.25) is 0 Å². The quantitative estimate of drug-likeness (QED) is 0.849. The van der Waals surface area contributed by atoms with Gasteiger partial charge in [0.15, 0.2) is 0 Å². The Balaban J connectivity index is 1.88. The van der Waals surface area contributed by atoms with Crippen LogP contribution in [0.4, 0.5) is 5.69 Å². The van der Waals surface area contributed by atoms with Crippen molar-refractivity contribution in [1.29, 1.82) is 0 Å². The molecular weight excluding hydrogens is 278 g/mol. The van der Waals surface area contributed by atoms with Crippen LogP contribution in [0.2, 0.25) is 5.02 Å². The molecule has 0 radical (unpaired) electrons. The Morgan fingerprint density at radius 2 is 1.95 bits per heavy atom. The Bertz CT molecular complexity index is 617. The zero-order valence-corrected chi connectivity index (χ0v) is 11.2. The van der Waals surface area contributed by atoms with E-state index in [9.17, 15) is 9.59 Å². The number of nitrogens with zero attached hydrogens (tertiary/aromatic N) is 1. The van der Waals surface area contributed by atoms with Crippen molar-refractivity contribution in [2.24, 2.45) is 0 Å². The SMILES string of the molecule is O=C(NCc1ccccn1)C(=O)Nc1cccc(Cl)c1. The highest BCUT2D eigenvalue weighted by atomic mass is 35.5. The smallest absolute Gasteiger partial charge is 0.313 e. The molecule has 5 nitrogen and oxygen atoms in total. The highest BCUT2D eigenvalue weighted by Crippen LogP contribution is 2.14. The van der Waals surface area contributed by atoms with Crippen molar-refractivity contribution >= 4 is 29.1 Å². The van der Waals surface area contributed by atoms with E-state index in [1.165, 1.54) is 0 Å². The molecule has 0 aliphatic carbocycles. The van der Waals surface area contributed by atoms with Crippen molar-refractivity contribution in [3.8, 4) is 0 Å². The molecule has 0 aliphatic heterocycles. The van der Waals surface area contributed by atoms with Crippen molar-refractivity contribution < 1.29 is 9.59 Å². The molecule has 2 N–H and O–H groups in total. The summed E-state index contributed by atoms with van der Waals surface area (Å²) < 4.78 is 0. The minimum Gasteiger partial charge on any atom is -0.342 e. The standard InChI is InChI=1S/C14H12ClN3O2/c15-10-4-3-6-11(8-10)18-14(20)13(19)17-9-12-5-1-2-7-16-12/h1-8H,9H2,(H,17,19)(H,18,20). The third kappa shape index (κ3) is 4.07. The zero-order valence-electron chi connectivity index (χ0n) is 10.5. The van der Waals surface area contributed by atoms with Gasteiger partial charge in [-0.05, 0) is 30.3 Å². The first-order chi connectivity index (χ1) is 9.65. The summed E-state index contributed by atoms with van der Waals surface area (Å²) in [7, 11) is 0. The Morgan fingerprint density at radius 3 is 2.65 bits per heavy atom. The Kier molecular flexibility index (Phi) is 4.68. The van der Waals surface area contributed by atoms with Crippen LogP contribution in [0.1, 0.15) is 5.69 Å². The van der Waals surface area contributed by atoms with E-state index in [-0.39, 0.29) is 6.54 Å². The van der Waals surface area contributed by atoms with Gasteiger partial charge in [-0.1, -0.05) is 23.7 Å². The van der Waals surface area contributed by atoms with E-state index >= 15 is 0 Å². The summed E-state index contributed by atoms with van der Waals surface area (Å²) in [5, 5.41) is 5.43. The first kappa shape index (κ1) is 14.0. The third-order valence-corrected chi connectivity index (χ3v) is 2.68. The number of pyridine rings is 1. The van der Waals surface area contributed by atoms with Crippen molar-refractivity contribution in [3.05, 3.63) is 59.4 Å². The molecule has 1 aromatic carbocycles. The number of halogens is 1. The normalized spacial score (nSPS) is 9.85. The Hall–Kier alpha value is -2.40. The first-order valence-electron chi connectivity index (χ1n) is 5.90. The van der Waals surface area contributed by atoms with Gasteiger partial charge in [0, 0.05) is 16.9 Å². The van der Waals surface area contributed by atoms with E-state index in [0.29, 0.717) is 16.4 Å². The molecule has 0 atom stereocenters. The van der Waals surface area contributed by atoms with Crippen LogP contribution in [0.15, 0.2) is 48.7 Å². The highest BCUT2D eigenvalue weighted by molar-refractivity contribution is 6.39. The van der Waals surface area contributed by atoms with E-state index < -0.39 is 11.8 Å². The van der Waals surface area contributed by atoms with E-state index in [2.05, 4.69) is 15.6 Å². The average Bonchev–Trinajstić information content (AvgIpc) is 2.46.